The van der Waals surface area contributed by atoms with E-state index in [0.29, 0.717) is 0 Å². The number of rotatable bonds is 3. The van der Waals surface area contributed by atoms with Crippen molar-refractivity contribution >= 4 is 5.69 Å². The minimum absolute atomic E-state index is 0.781. The van der Waals surface area contributed by atoms with Crippen molar-refractivity contribution in [3.05, 3.63) is 78.8 Å². The molecule has 4 aromatic rings. The predicted octanol–water partition coefficient (Wildman–Crippen LogP) is 4.70. The van der Waals surface area contributed by atoms with Gasteiger partial charge in [0.15, 0.2) is 0 Å². The Labute approximate surface area is 146 Å². The number of nitrogens with zero attached hydrogens (tertiary/aromatic N) is 2. The smallest absolute Gasteiger partial charge is 0.138 e. The second-order valence-corrected chi connectivity index (χ2v) is 5.95. The van der Waals surface area contributed by atoms with Crippen LogP contribution < -0.4 is 5.73 Å². The number of benzene rings is 2. The van der Waals surface area contributed by atoms with Crippen LogP contribution in [0.1, 0.15) is 5.69 Å². The van der Waals surface area contributed by atoms with Gasteiger partial charge in [0.05, 0.1) is 11.4 Å². The molecule has 0 atom stereocenters. The van der Waals surface area contributed by atoms with Crippen LogP contribution in [0.3, 0.4) is 0 Å². The molecule has 0 aliphatic rings. The molecule has 0 bridgehead atoms. The standard InChI is InChI=1S/C21H18N4/c1-14-20(17-5-4-12-23-13-17)25-21(24-14)16-10-8-15(9-11-16)18-6-2-3-7-19(18)22/h2-13H,22H2,1H3,(H,24,25). The Bertz CT molecular complexity index is 1000. The molecule has 0 spiro atoms. The molecule has 0 saturated heterocycles. The van der Waals surface area contributed by atoms with Crippen LogP contribution in [-0.2, 0) is 0 Å². The van der Waals surface area contributed by atoms with E-state index in [1.165, 1.54) is 0 Å². The van der Waals surface area contributed by atoms with E-state index in [9.17, 15) is 0 Å². The fraction of sp³-hybridized carbons (Fsp3) is 0.0476. The number of aromatic amines is 1. The van der Waals surface area contributed by atoms with Crippen molar-refractivity contribution < 1.29 is 0 Å². The lowest BCUT2D eigenvalue weighted by Crippen LogP contribution is -1.89. The van der Waals surface area contributed by atoms with Crippen molar-refractivity contribution in [1.82, 2.24) is 15.0 Å². The van der Waals surface area contributed by atoms with Crippen molar-refractivity contribution in [1.29, 1.82) is 0 Å². The maximum atomic E-state index is 6.06. The molecular formula is C21H18N4. The van der Waals surface area contributed by atoms with E-state index in [1.807, 2.05) is 49.5 Å². The number of aryl methyl sites for hydroxylation is 1. The fourth-order valence-electron chi connectivity index (χ4n) is 2.96. The topological polar surface area (TPSA) is 67.6 Å². The van der Waals surface area contributed by atoms with Gasteiger partial charge >= 0.3 is 0 Å². The Morgan fingerprint density at radius 1 is 0.840 bits per heavy atom. The van der Waals surface area contributed by atoms with Crippen LogP contribution in [0.15, 0.2) is 73.1 Å². The van der Waals surface area contributed by atoms with Gasteiger partial charge in [-0.1, -0.05) is 42.5 Å². The van der Waals surface area contributed by atoms with Crippen LogP contribution in [0.5, 0.6) is 0 Å². The third kappa shape index (κ3) is 2.90. The minimum atomic E-state index is 0.781. The zero-order valence-corrected chi connectivity index (χ0v) is 13.9. The summed E-state index contributed by atoms with van der Waals surface area (Å²) >= 11 is 0. The van der Waals surface area contributed by atoms with Gasteiger partial charge in [0.2, 0.25) is 0 Å². The summed E-state index contributed by atoms with van der Waals surface area (Å²) in [5.74, 6) is 0.851. The molecule has 0 radical (unpaired) electrons. The Hall–Kier alpha value is -3.40. The van der Waals surface area contributed by atoms with Crippen LogP contribution in [0, 0.1) is 6.92 Å². The van der Waals surface area contributed by atoms with E-state index in [2.05, 4.69) is 39.2 Å². The molecule has 0 aliphatic heterocycles. The molecule has 0 unspecified atom stereocenters. The molecule has 4 nitrogen and oxygen atoms in total. The number of hydrogen-bond acceptors (Lipinski definition) is 3. The van der Waals surface area contributed by atoms with E-state index in [4.69, 9.17) is 5.73 Å². The van der Waals surface area contributed by atoms with Crippen LogP contribution >= 0.6 is 0 Å². The number of pyridine rings is 1. The van der Waals surface area contributed by atoms with Gasteiger partial charge < -0.3 is 10.7 Å². The van der Waals surface area contributed by atoms with Gasteiger partial charge in [0, 0.05) is 34.8 Å². The van der Waals surface area contributed by atoms with E-state index in [0.717, 1.165) is 45.2 Å². The molecule has 2 aromatic carbocycles. The Morgan fingerprint density at radius 2 is 1.60 bits per heavy atom. The lowest BCUT2D eigenvalue weighted by Gasteiger charge is -2.06. The van der Waals surface area contributed by atoms with E-state index >= 15 is 0 Å². The van der Waals surface area contributed by atoms with Gasteiger partial charge in [-0.3, -0.25) is 4.98 Å². The first-order chi connectivity index (χ1) is 12.2. The summed E-state index contributed by atoms with van der Waals surface area (Å²) in [6.07, 6.45) is 3.61. The average Bonchev–Trinajstić information content (AvgIpc) is 3.05. The maximum absolute atomic E-state index is 6.06. The number of imidazole rings is 1. The summed E-state index contributed by atoms with van der Waals surface area (Å²) in [5.41, 5.74) is 13.0. The lowest BCUT2D eigenvalue weighted by atomic mass is 10.0. The highest BCUT2D eigenvalue weighted by molar-refractivity contribution is 5.77. The summed E-state index contributed by atoms with van der Waals surface area (Å²) < 4.78 is 0. The first-order valence-electron chi connectivity index (χ1n) is 8.15. The molecule has 0 aliphatic carbocycles. The summed E-state index contributed by atoms with van der Waals surface area (Å²) in [6, 6.07) is 20.1. The average molecular weight is 326 g/mol. The van der Waals surface area contributed by atoms with Gasteiger partial charge in [-0.15, -0.1) is 0 Å². The first kappa shape index (κ1) is 15.1. The monoisotopic (exact) mass is 326 g/mol. The molecule has 25 heavy (non-hydrogen) atoms. The quantitative estimate of drug-likeness (QED) is 0.536. The van der Waals surface area contributed by atoms with E-state index in [1.54, 1.807) is 6.20 Å². The Morgan fingerprint density at radius 3 is 2.32 bits per heavy atom. The zero-order valence-electron chi connectivity index (χ0n) is 13.9. The predicted molar refractivity (Wildman–Crippen MR) is 102 cm³/mol. The van der Waals surface area contributed by atoms with Gasteiger partial charge in [-0.25, -0.2) is 4.98 Å². The van der Waals surface area contributed by atoms with Crippen LogP contribution in [-0.4, -0.2) is 15.0 Å². The van der Waals surface area contributed by atoms with Gasteiger partial charge in [-0.2, -0.15) is 0 Å². The number of nitrogens with two attached hydrogens (primary N) is 1. The minimum Gasteiger partial charge on any atom is -0.398 e. The molecule has 2 heterocycles. The number of nitrogen functional groups attached to an aromatic ring is 1. The molecule has 0 amide bonds. The van der Waals surface area contributed by atoms with Crippen LogP contribution in [0.25, 0.3) is 33.8 Å². The van der Waals surface area contributed by atoms with Crippen LogP contribution in [0.2, 0.25) is 0 Å². The zero-order chi connectivity index (χ0) is 17.2. The van der Waals surface area contributed by atoms with Crippen molar-refractivity contribution in [2.24, 2.45) is 0 Å². The normalized spacial score (nSPS) is 10.8. The number of aromatic nitrogens is 3. The lowest BCUT2D eigenvalue weighted by molar-refractivity contribution is 1.25. The van der Waals surface area contributed by atoms with Crippen molar-refractivity contribution in [3.8, 4) is 33.8 Å². The van der Waals surface area contributed by atoms with E-state index in [-0.39, 0.29) is 0 Å². The van der Waals surface area contributed by atoms with Crippen molar-refractivity contribution in [2.45, 2.75) is 6.92 Å². The number of hydrogen-bond donors (Lipinski definition) is 2. The number of H-pyrrole nitrogens is 1. The molecule has 3 N–H and O–H groups in total. The first-order valence-corrected chi connectivity index (χ1v) is 8.15. The van der Waals surface area contributed by atoms with Crippen molar-refractivity contribution in [2.75, 3.05) is 5.73 Å². The summed E-state index contributed by atoms with van der Waals surface area (Å²) in [5, 5.41) is 0. The number of anilines is 1. The largest absolute Gasteiger partial charge is 0.398 e. The molecular weight excluding hydrogens is 308 g/mol. The Kier molecular flexibility index (Phi) is 3.78. The van der Waals surface area contributed by atoms with Crippen LogP contribution in [0.4, 0.5) is 5.69 Å². The van der Waals surface area contributed by atoms with Gasteiger partial charge in [-0.05, 0) is 30.7 Å². The molecule has 4 heteroatoms. The summed E-state index contributed by atoms with van der Waals surface area (Å²) in [7, 11) is 0. The molecule has 4 rings (SSSR count). The van der Waals surface area contributed by atoms with Gasteiger partial charge in [0.25, 0.3) is 0 Å². The highest BCUT2D eigenvalue weighted by Gasteiger charge is 2.10. The molecule has 0 saturated carbocycles. The third-order valence-corrected chi connectivity index (χ3v) is 4.27. The number of para-hydroxylation sites is 1. The highest BCUT2D eigenvalue weighted by Crippen LogP contribution is 2.29. The van der Waals surface area contributed by atoms with Crippen molar-refractivity contribution in [3.63, 3.8) is 0 Å². The third-order valence-electron chi connectivity index (χ3n) is 4.27. The molecule has 0 fully saturated rings. The van der Waals surface area contributed by atoms with Gasteiger partial charge in [0.1, 0.15) is 5.82 Å². The Balaban J connectivity index is 1.69. The molecule has 2 aromatic heterocycles. The SMILES string of the molecule is Cc1nc(-c2ccc(-c3ccccc3N)cc2)[nH]c1-c1cccnc1. The van der Waals surface area contributed by atoms with E-state index < -0.39 is 0 Å². The fourth-order valence-corrected chi connectivity index (χ4v) is 2.96. The summed E-state index contributed by atoms with van der Waals surface area (Å²) in [6.45, 7) is 2.00. The molecule has 122 valence electrons. The summed E-state index contributed by atoms with van der Waals surface area (Å²) in [4.78, 5) is 12.3. The number of nitrogens with one attached hydrogen (secondary N) is 1. The maximum Gasteiger partial charge on any atom is 0.138 e. The highest BCUT2D eigenvalue weighted by atomic mass is 14.9. The second kappa shape index (κ2) is 6.24. The second-order valence-electron chi connectivity index (χ2n) is 5.95.